The molecule has 0 saturated heterocycles. The summed E-state index contributed by atoms with van der Waals surface area (Å²) in [6.07, 6.45) is 0. The first-order chi connectivity index (χ1) is 26.2. The van der Waals surface area contributed by atoms with E-state index in [1.165, 1.54) is 31.1 Å². The third kappa shape index (κ3) is 5.74. The minimum absolute atomic E-state index is 0.636. The molecule has 4 nitrogen and oxygen atoms in total. The van der Waals surface area contributed by atoms with Crippen molar-refractivity contribution in [3.05, 3.63) is 182 Å². The molecule has 7 aromatic carbocycles. The molecule has 10 aromatic rings. The van der Waals surface area contributed by atoms with E-state index in [0.717, 1.165) is 50.2 Å². The Morgan fingerprint density at radius 3 is 1.36 bits per heavy atom. The van der Waals surface area contributed by atoms with Crippen LogP contribution in [0.3, 0.4) is 0 Å². The van der Waals surface area contributed by atoms with Gasteiger partial charge in [0.15, 0.2) is 17.5 Å². The molecule has 0 fully saturated rings. The van der Waals surface area contributed by atoms with E-state index in [2.05, 4.69) is 146 Å². The topological polar surface area (TPSA) is 51.6 Å². The van der Waals surface area contributed by atoms with Gasteiger partial charge in [0, 0.05) is 47.8 Å². The molecule has 248 valence electrons. The van der Waals surface area contributed by atoms with Gasteiger partial charge in [-0.15, -0.1) is 11.3 Å². The van der Waals surface area contributed by atoms with Crippen LogP contribution in [-0.2, 0) is 0 Å². The highest BCUT2D eigenvalue weighted by Gasteiger charge is 2.17. The van der Waals surface area contributed by atoms with Crippen LogP contribution in [0.25, 0.3) is 98.7 Å². The third-order valence-corrected chi connectivity index (χ3v) is 11.0. The maximum Gasteiger partial charge on any atom is 0.164 e. The fourth-order valence-electron chi connectivity index (χ4n) is 7.05. The fourth-order valence-corrected chi connectivity index (χ4v) is 8.27. The fraction of sp³-hybridized carbons (Fsp3) is 0. The zero-order valence-electron chi connectivity index (χ0n) is 28.5. The van der Waals surface area contributed by atoms with Crippen LogP contribution in [0.5, 0.6) is 0 Å². The lowest BCUT2D eigenvalue weighted by molar-refractivity contribution is 1.07. The molecule has 0 aliphatic carbocycles. The molecule has 0 atom stereocenters. The van der Waals surface area contributed by atoms with Crippen LogP contribution in [0.15, 0.2) is 182 Å². The maximum absolute atomic E-state index is 5.21. The number of para-hydroxylation sites is 1. The van der Waals surface area contributed by atoms with Gasteiger partial charge in [-0.25, -0.2) is 19.9 Å². The van der Waals surface area contributed by atoms with E-state index in [-0.39, 0.29) is 0 Å². The second-order valence-corrected chi connectivity index (χ2v) is 14.1. The van der Waals surface area contributed by atoms with Crippen molar-refractivity contribution in [2.75, 3.05) is 0 Å². The lowest BCUT2D eigenvalue weighted by atomic mass is 9.99. The summed E-state index contributed by atoms with van der Waals surface area (Å²) in [5, 5.41) is 3.61. The number of thiophene rings is 1. The number of fused-ring (bicyclic) bond motifs is 5. The summed E-state index contributed by atoms with van der Waals surface area (Å²) in [4.78, 5) is 20.1. The number of hydrogen-bond donors (Lipinski definition) is 0. The van der Waals surface area contributed by atoms with Gasteiger partial charge < -0.3 is 0 Å². The summed E-state index contributed by atoms with van der Waals surface area (Å²) in [7, 11) is 0. The summed E-state index contributed by atoms with van der Waals surface area (Å²) >= 11 is 1.84. The first kappa shape index (κ1) is 31.0. The van der Waals surface area contributed by atoms with Crippen molar-refractivity contribution >= 4 is 42.4 Å². The molecular formula is C48H30N4S. The van der Waals surface area contributed by atoms with Crippen LogP contribution in [-0.4, -0.2) is 19.9 Å². The Balaban J connectivity index is 1.05. The van der Waals surface area contributed by atoms with Gasteiger partial charge in [-0.3, -0.25) is 0 Å². The van der Waals surface area contributed by atoms with Gasteiger partial charge in [-0.2, -0.15) is 0 Å². The molecule has 0 radical (unpaired) electrons. The molecule has 5 heteroatoms. The highest BCUT2D eigenvalue weighted by atomic mass is 32.1. The summed E-state index contributed by atoms with van der Waals surface area (Å²) in [5.41, 5.74) is 10.6. The zero-order valence-corrected chi connectivity index (χ0v) is 29.3. The molecule has 0 spiro atoms. The van der Waals surface area contributed by atoms with Gasteiger partial charge in [0.05, 0.1) is 11.2 Å². The first-order valence-electron chi connectivity index (χ1n) is 17.6. The number of hydrogen-bond acceptors (Lipinski definition) is 5. The van der Waals surface area contributed by atoms with Crippen molar-refractivity contribution in [2.24, 2.45) is 0 Å². The van der Waals surface area contributed by atoms with E-state index in [1.54, 1.807) is 0 Å². The van der Waals surface area contributed by atoms with E-state index in [0.29, 0.717) is 17.5 Å². The van der Waals surface area contributed by atoms with E-state index in [9.17, 15) is 0 Å². The molecule has 3 aromatic heterocycles. The quantitative estimate of drug-likeness (QED) is 0.174. The van der Waals surface area contributed by atoms with Gasteiger partial charge in [-0.05, 0) is 40.5 Å². The van der Waals surface area contributed by atoms with Crippen LogP contribution in [0, 0.1) is 0 Å². The summed E-state index contributed by atoms with van der Waals surface area (Å²) in [5.74, 6) is 1.92. The molecule has 0 saturated carbocycles. The predicted molar refractivity (Wildman–Crippen MR) is 221 cm³/mol. The first-order valence-corrected chi connectivity index (χ1v) is 18.5. The predicted octanol–water partition coefficient (Wildman–Crippen LogP) is 12.8. The normalized spacial score (nSPS) is 11.4. The van der Waals surface area contributed by atoms with Crippen LogP contribution in [0.1, 0.15) is 0 Å². The number of aromatic nitrogens is 4. The monoisotopic (exact) mass is 694 g/mol. The molecule has 0 aliphatic rings. The smallest absolute Gasteiger partial charge is 0.164 e. The van der Waals surface area contributed by atoms with Crippen molar-refractivity contribution in [1.82, 2.24) is 19.9 Å². The van der Waals surface area contributed by atoms with Crippen molar-refractivity contribution in [3.63, 3.8) is 0 Å². The van der Waals surface area contributed by atoms with Crippen LogP contribution in [0.4, 0.5) is 0 Å². The molecule has 10 rings (SSSR count). The highest BCUT2D eigenvalue weighted by molar-refractivity contribution is 7.26. The standard InChI is InChI=1S/C48H30N4S/c1-4-12-31(13-5-1)32-20-24-36(25-21-32)47-50-46(35-16-8-3-9-17-35)51-48(52-47)37-26-22-33(23-27-37)38-28-29-42-40(30-38)43-44(34-14-6-2-7-15-34)49-41-19-11-10-18-39(41)45(43)53-42/h1-30H. The summed E-state index contributed by atoms with van der Waals surface area (Å²) < 4.78 is 2.52. The highest BCUT2D eigenvalue weighted by Crippen LogP contribution is 2.44. The Morgan fingerprint density at radius 1 is 0.321 bits per heavy atom. The van der Waals surface area contributed by atoms with Gasteiger partial charge in [0.1, 0.15) is 0 Å². The van der Waals surface area contributed by atoms with Gasteiger partial charge in [-0.1, -0.05) is 164 Å². The van der Waals surface area contributed by atoms with Crippen LogP contribution < -0.4 is 0 Å². The van der Waals surface area contributed by atoms with Crippen LogP contribution >= 0.6 is 11.3 Å². The van der Waals surface area contributed by atoms with Crippen LogP contribution in [0.2, 0.25) is 0 Å². The van der Waals surface area contributed by atoms with E-state index < -0.39 is 0 Å². The molecule has 0 unspecified atom stereocenters. The minimum Gasteiger partial charge on any atom is -0.247 e. The SMILES string of the molecule is c1ccc(-c2ccc(-c3nc(-c4ccccc4)nc(-c4ccc(-c5ccc6sc7c8ccccc8nc(-c8ccccc8)c7c6c5)cc4)n3)cc2)cc1. The van der Waals surface area contributed by atoms with Crippen molar-refractivity contribution in [1.29, 1.82) is 0 Å². The minimum atomic E-state index is 0.636. The third-order valence-electron chi connectivity index (χ3n) is 9.75. The Kier molecular flexibility index (Phi) is 7.63. The molecule has 3 heterocycles. The second kappa shape index (κ2) is 13.1. The number of pyridine rings is 1. The number of benzene rings is 7. The Bertz CT molecular complexity index is 2900. The molecule has 53 heavy (non-hydrogen) atoms. The van der Waals surface area contributed by atoms with E-state index in [4.69, 9.17) is 19.9 Å². The molecule has 0 N–H and O–H groups in total. The molecule has 0 aliphatic heterocycles. The van der Waals surface area contributed by atoms with Gasteiger partial charge >= 0.3 is 0 Å². The summed E-state index contributed by atoms with van der Waals surface area (Å²) in [6, 6.07) is 63.2. The zero-order chi connectivity index (χ0) is 35.1. The summed E-state index contributed by atoms with van der Waals surface area (Å²) in [6.45, 7) is 0. The number of nitrogens with zero attached hydrogens (tertiary/aromatic N) is 4. The lowest BCUT2D eigenvalue weighted by Gasteiger charge is -2.10. The number of rotatable bonds is 6. The molecular weight excluding hydrogens is 665 g/mol. The maximum atomic E-state index is 5.21. The molecule has 0 amide bonds. The van der Waals surface area contributed by atoms with Crippen molar-refractivity contribution in [3.8, 4) is 67.7 Å². The van der Waals surface area contributed by atoms with Crippen molar-refractivity contribution in [2.45, 2.75) is 0 Å². The van der Waals surface area contributed by atoms with E-state index in [1.807, 2.05) is 47.7 Å². The van der Waals surface area contributed by atoms with E-state index >= 15 is 0 Å². The van der Waals surface area contributed by atoms with Gasteiger partial charge in [0.25, 0.3) is 0 Å². The lowest BCUT2D eigenvalue weighted by Crippen LogP contribution is -2.00. The molecule has 0 bridgehead atoms. The Morgan fingerprint density at radius 2 is 0.755 bits per heavy atom. The average molecular weight is 695 g/mol. The Hall–Kier alpha value is -6.82. The average Bonchev–Trinajstić information content (AvgIpc) is 3.64. The van der Waals surface area contributed by atoms with Gasteiger partial charge in [0.2, 0.25) is 0 Å². The Labute approximate surface area is 310 Å². The van der Waals surface area contributed by atoms with Crippen molar-refractivity contribution < 1.29 is 0 Å². The largest absolute Gasteiger partial charge is 0.247 e. The second-order valence-electron chi connectivity index (χ2n) is 13.1.